The second-order valence-corrected chi connectivity index (χ2v) is 7.29. The Morgan fingerprint density at radius 2 is 1.48 bits per heavy atom. The van der Waals surface area contributed by atoms with E-state index < -0.39 is 27.5 Å². The quantitative estimate of drug-likeness (QED) is 0.845. The van der Waals surface area contributed by atoms with E-state index in [1.165, 1.54) is 36.4 Å². The number of amides is 1. The highest BCUT2D eigenvalue weighted by molar-refractivity contribution is 7.90. The van der Waals surface area contributed by atoms with Gasteiger partial charge in [-0.3, -0.25) is 4.79 Å². The van der Waals surface area contributed by atoms with Gasteiger partial charge in [-0.2, -0.15) is 13.2 Å². The zero-order valence-electron chi connectivity index (χ0n) is 13.1. The van der Waals surface area contributed by atoms with Crippen molar-refractivity contribution in [3.8, 4) is 0 Å². The van der Waals surface area contributed by atoms with Crippen molar-refractivity contribution in [3.05, 3.63) is 54.1 Å². The van der Waals surface area contributed by atoms with Gasteiger partial charge in [0.1, 0.15) is 0 Å². The molecule has 0 aliphatic heterocycles. The lowest BCUT2D eigenvalue weighted by Gasteiger charge is -2.10. The highest BCUT2D eigenvalue weighted by atomic mass is 32.2. The third-order valence-corrected chi connectivity index (χ3v) is 4.36. The van der Waals surface area contributed by atoms with Crippen LogP contribution in [0.25, 0.3) is 0 Å². The first-order valence-corrected chi connectivity index (χ1v) is 8.96. The molecule has 5 nitrogen and oxygen atoms in total. The van der Waals surface area contributed by atoms with E-state index in [2.05, 4.69) is 10.6 Å². The van der Waals surface area contributed by atoms with E-state index in [-0.39, 0.29) is 11.4 Å². The molecule has 25 heavy (non-hydrogen) atoms. The van der Waals surface area contributed by atoms with Crippen molar-refractivity contribution in [3.63, 3.8) is 0 Å². The minimum Gasteiger partial charge on any atom is -0.376 e. The number of hydrogen-bond acceptors (Lipinski definition) is 4. The molecule has 0 fully saturated rings. The average Bonchev–Trinajstić information content (AvgIpc) is 2.52. The SMILES string of the molecule is CS(=O)(=O)c1ccc(NC(=O)CNc2ccc(C(F)(F)F)cc2)cc1. The lowest BCUT2D eigenvalue weighted by atomic mass is 10.2. The summed E-state index contributed by atoms with van der Waals surface area (Å²) in [5.41, 5.74) is 0.00987. The van der Waals surface area contributed by atoms with E-state index in [0.717, 1.165) is 18.4 Å². The normalized spacial score (nSPS) is 11.8. The van der Waals surface area contributed by atoms with Gasteiger partial charge in [0.05, 0.1) is 17.0 Å². The van der Waals surface area contributed by atoms with Gasteiger partial charge in [0.25, 0.3) is 0 Å². The fraction of sp³-hybridized carbons (Fsp3) is 0.188. The van der Waals surface area contributed by atoms with Crippen molar-refractivity contribution >= 4 is 27.1 Å². The van der Waals surface area contributed by atoms with Crippen molar-refractivity contribution in [2.45, 2.75) is 11.1 Å². The number of carbonyl (C=O) groups is 1. The standard InChI is InChI=1S/C16H15F3N2O3S/c1-25(23,24)14-8-6-13(7-9-14)21-15(22)10-20-12-4-2-11(3-5-12)16(17,18)19/h2-9,20H,10H2,1H3,(H,21,22). The van der Waals surface area contributed by atoms with Crippen LogP contribution in [0.15, 0.2) is 53.4 Å². The predicted octanol–water partition coefficient (Wildman–Crippen LogP) is 3.16. The number of sulfone groups is 1. The van der Waals surface area contributed by atoms with Gasteiger partial charge < -0.3 is 10.6 Å². The molecular weight excluding hydrogens is 357 g/mol. The van der Waals surface area contributed by atoms with Gasteiger partial charge in [-0.15, -0.1) is 0 Å². The number of benzene rings is 2. The first-order chi connectivity index (χ1) is 11.6. The molecule has 9 heteroatoms. The van der Waals surface area contributed by atoms with Gasteiger partial charge in [-0.05, 0) is 48.5 Å². The summed E-state index contributed by atoms with van der Waals surface area (Å²) in [6.45, 7) is -0.154. The highest BCUT2D eigenvalue weighted by Crippen LogP contribution is 2.29. The molecule has 2 N–H and O–H groups in total. The van der Waals surface area contributed by atoms with Gasteiger partial charge in [-0.25, -0.2) is 8.42 Å². The van der Waals surface area contributed by atoms with Crippen molar-refractivity contribution in [2.75, 3.05) is 23.4 Å². The molecule has 0 aromatic heterocycles. The molecule has 0 unspecified atom stereocenters. The number of rotatable bonds is 5. The van der Waals surface area contributed by atoms with Gasteiger partial charge in [0.2, 0.25) is 5.91 Å². The minimum atomic E-state index is -4.41. The zero-order valence-corrected chi connectivity index (χ0v) is 13.9. The molecule has 2 rings (SSSR count). The lowest BCUT2D eigenvalue weighted by molar-refractivity contribution is -0.137. The average molecular weight is 372 g/mol. The largest absolute Gasteiger partial charge is 0.416 e. The van der Waals surface area contributed by atoms with Crippen LogP contribution in [-0.4, -0.2) is 27.1 Å². The topological polar surface area (TPSA) is 75.3 Å². The summed E-state index contributed by atoms with van der Waals surface area (Å²) in [5, 5.41) is 5.25. The van der Waals surface area contributed by atoms with Gasteiger partial charge in [0.15, 0.2) is 9.84 Å². The molecule has 1 amide bonds. The molecule has 0 saturated heterocycles. The first-order valence-electron chi connectivity index (χ1n) is 7.07. The van der Waals surface area contributed by atoms with Crippen molar-refractivity contribution in [1.82, 2.24) is 0 Å². The number of alkyl halides is 3. The number of halogens is 3. The van der Waals surface area contributed by atoms with Crippen LogP contribution in [0.1, 0.15) is 5.56 Å². The number of hydrogen-bond donors (Lipinski definition) is 2. The molecule has 0 heterocycles. The Balaban J connectivity index is 1.90. The molecule has 0 bridgehead atoms. The minimum absolute atomic E-state index is 0.133. The molecule has 0 aliphatic rings. The summed E-state index contributed by atoms with van der Waals surface area (Å²) >= 11 is 0. The van der Waals surface area contributed by atoms with Gasteiger partial charge >= 0.3 is 6.18 Å². The van der Waals surface area contributed by atoms with Crippen LogP contribution in [0.3, 0.4) is 0 Å². The molecule has 2 aromatic carbocycles. The van der Waals surface area contributed by atoms with Crippen LogP contribution in [-0.2, 0) is 20.8 Å². The molecule has 0 spiro atoms. The van der Waals surface area contributed by atoms with Crippen LogP contribution in [0.4, 0.5) is 24.5 Å². The van der Waals surface area contributed by atoms with E-state index in [0.29, 0.717) is 11.4 Å². The molecule has 0 aliphatic carbocycles. The number of carbonyl (C=O) groups excluding carboxylic acids is 1. The Bertz CT molecular complexity index is 846. The maximum atomic E-state index is 12.5. The van der Waals surface area contributed by atoms with Gasteiger partial charge in [-0.1, -0.05) is 0 Å². The summed E-state index contributed by atoms with van der Waals surface area (Å²) < 4.78 is 60.1. The Morgan fingerprint density at radius 3 is 1.96 bits per heavy atom. The Morgan fingerprint density at radius 1 is 0.960 bits per heavy atom. The first kappa shape index (κ1) is 18.8. The third-order valence-electron chi connectivity index (χ3n) is 3.23. The highest BCUT2D eigenvalue weighted by Gasteiger charge is 2.29. The Kier molecular flexibility index (Phi) is 5.36. The second kappa shape index (κ2) is 7.14. The molecule has 134 valence electrons. The van der Waals surface area contributed by atoms with Gasteiger partial charge in [0, 0.05) is 17.6 Å². The third kappa shape index (κ3) is 5.49. The summed E-state index contributed by atoms with van der Waals surface area (Å²) in [4.78, 5) is 12.0. The molecule has 0 saturated carbocycles. The van der Waals surface area contributed by atoms with Crippen molar-refractivity contribution in [1.29, 1.82) is 0 Å². The molecular formula is C16H15F3N2O3S. The van der Waals surface area contributed by atoms with Crippen LogP contribution >= 0.6 is 0 Å². The number of nitrogens with one attached hydrogen (secondary N) is 2. The van der Waals surface area contributed by atoms with Crippen LogP contribution in [0, 0.1) is 0 Å². The fourth-order valence-corrected chi connectivity index (χ4v) is 2.58. The predicted molar refractivity (Wildman–Crippen MR) is 88.1 cm³/mol. The smallest absolute Gasteiger partial charge is 0.376 e. The van der Waals surface area contributed by atoms with E-state index in [4.69, 9.17) is 0 Å². The van der Waals surface area contributed by atoms with E-state index in [9.17, 15) is 26.4 Å². The Labute approximate surface area is 142 Å². The fourth-order valence-electron chi connectivity index (χ4n) is 1.95. The van der Waals surface area contributed by atoms with E-state index in [1.807, 2.05) is 0 Å². The van der Waals surface area contributed by atoms with E-state index >= 15 is 0 Å². The Hall–Kier alpha value is -2.55. The molecule has 0 atom stereocenters. The van der Waals surface area contributed by atoms with Crippen molar-refractivity contribution < 1.29 is 26.4 Å². The van der Waals surface area contributed by atoms with Crippen LogP contribution in [0.5, 0.6) is 0 Å². The van der Waals surface area contributed by atoms with Crippen molar-refractivity contribution in [2.24, 2.45) is 0 Å². The van der Waals surface area contributed by atoms with E-state index in [1.54, 1.807) is 0 Å². The summed E-state index contributed by atoms with van der Waals surface area (Å²) in [5.74, 6) is -0.424. The molecule has 0 radical (unpaired) electrons. The summed E-state index contributed by atoms with van der Waals surface area (Å²) in [6.07, 6.45) is -3.33. The zero-order chi connectivity index (χ0) is 18.7. The van der Waals surface area contributed by atoms with Crippen LogP contribution < -0.4 is 10.6 Å². The maximum absolute atomic E-state index is 12.5. The maximum Gasteiger partial charge on any atom is 0.416 e. The summed E-state index contributed by atoms with van der Waals surface area (Å²) in [7, 11) is -3.31. The van der Waals surface area contributed by atoms with Crippen LogP contribution in [0.2, 0.25) is 0 Å². The lowest BCUT2D eigenvalue weighted by Crippen LogP contribution is -2.21. The monoisotopic (exact) mass is 372 g/mol. The molecule has 2 aromatic rings. The second-order valence-electron chi connectivity index (χ2n) is 5.27. The summed E-state index contributed by atoms with van der Waals surface area (Å²) in [6, 6.07) is 9.95. The number of anilines is 2.